The number of nitrogens with zero attached hydrogens (tertiary/aromatic N) is 4. The second-order valence-electron chi connectivity index (χ2n) is 4.64. The van der Waals surface area contributed by atoms with Gasteiger partial charge in [0.25, 0.3) is 0 Å². The summed E-state index contributed by atoms with van der Waals surface area (Å²) in [7, 11) is 1.56. The number of hydrogen-bond acceptors (Lipinski definition) is 4. The summed E-state index contributed by atoms with van der Waals surface area (Å²) in [6, 6.07) is 15.0. The molecular formula is C15H13BrN4O2. The first kappa shape index (κ1) is 14.5. The molecular weight excluding hydrogens is 348 g/mol. The molecule has 1 heterocycles. The highest BCUT2D eigenvalue weighted by atomic mass is 79.9. The van der Waals surface area contributed by atoms with Gasteiger partial charge in [-0.25, -0.2) is 4.79 Å². The third-order valence-electron chi connectivity index (χ3n) is 3.17. The minimum atomic E-state index is -0.306. The first-order valence-corrected chi connectivity index (χ1v) is 7.41. The van der Waals surface area contributed by atoms with Crippen LogP contribution in [0, 0.1) is 0 Å². The highest BCUT2D eigenvalue weighted by molar-refractivity contribution is 9.10. The van der Waals surface area contributed by atoms with Gasteiger partial charge < -0.3 is 4.74 Å². The van der Waals surface area contributed by atoms with E-state index in [9.17, 15) is 4.79 Å². The van der Waals surface area contributed by atoms with Crippen molar-refractivity contribution < 1.29 is 4.74 Å². The van der Waals surface area contributed by atoms with Gasteiger partial charge in [0.15, 0.2) is 0 Å². The van der Waals surface area contributed by atoms with Crippen molar-refractivity contribution in [3.8, 4) is 11.4 Å². The normalized spacial score (nSPS) is 10.6. The van der Waals surface area contributed by atoms with Crippen molar-refractivity contribution in [2.75, 3.05) is 0 Å². The van der Waals surface area contributed by atoms with Crippen LogP contribution < -0.4 is 10.4 Å². The number of ether oxygens (including phenoxy) is 1. The van der Waals surface area contributed by atoms with Crippen LogP contribution in [-0.2, 0) is 13.7 Å². The topological polar surface area (TPSA) is 61.9 Å². The lowest BCUT2D eigenvalue weighted by molar-refractivity contribution is 0.305. The maximum Gasteiger partial charge on any atom is 0.368 e. The molecule has 0 saturated carbocycles. The SMILES string of the molecule is Cn1nnn(-c2cccc(Br)c2COc2ccccc2)c1=O. The summed E-state index contributed by atoms with van der Waals surface area (Å²) < 4.78 is 9.07. The number of tetrazole rings is 1. The summed E-state index contributed by atoms with van der Waals surface area (Å²) in [6.45, 7) is 0.309. The minimum absolute atomic E-state index is 0.306. The molecule has 0 spiro atoms. The van der Waals surface area contributed by atoms with Crippen LogP contribution in [0.25, 0.3) is 5.69 Å². The van der Waals surface area contributed by atoms with Gasteiger partial charge in [-0.05, 0) is 34.7 Å². The monoisotopic (exact) mass is 360 g/mol. The zero-order valence-corrected chi connectivity index (χ0v) is 13.4. The van der Waals surface area contributed by atoms with Crippen LogP contribution in [0.2, 0.25) is 0 Å². The Morgan fingerprint density at radius 3 is 2.55 bits per heavy atom. The van der Waals surface area contributed by atoms with E-state index >= 15 is 0 Å². The molecule has 0 radical (unpaired) electrons. The zero-order chi connectivity index (χ0) is 15.5. The van der Waals surface area contributed by atoms with Gasteiger partial charge in [0.05, 0.1) is 5.69 Å². The molecule has 1 aromatic heterocycles. The molecule has 3 rings (SSSR count). The van der Waals surface area contributed by atoms with Crippen LogP contribution in [0.1, 0.15) is 5.56 Å². The van der Waals surface area contributed by atoms with Crippen LogP contribution >= 0.6 is 15.9 Å². The number of rotatable bonds is 4. The highest BCUT2D eigenvalue weighted by Crippen LogP contribution is 2.24. The van der Waals surface area contributed by atoms with E-state index in [1.807, 2.05) is 48.5 Å². The Labute approximate surface area is 135 Å². The minimum Gasteiger partial charge on any atom is -0.489 e. The lowest BCUT2D eigenvalue weighted by Gasteiger charge is -2.12. The Kier molecular flexibility index (Phi) is 4.06. The smallest absolute Gasteiger partial charge is 0.368 e. The van der Waals surface area contributed by atoms with Crippen molar-refractivity contribution in [2.45, 2.75) is 6.61 Å². The zero-order valence-electron chi connectivity index (χ0n) is 11.8. The summed E-state index contributed by atoms with van der Waals surface area (Å²) in [5, 5.41) is 7.63. The van der Waals surface area contributed by atoms with E-state index in [2.05, 4.69) is 26.4 Å². The summed E-state index contributed by atoms with van der Waals surface area (Å²) in [5.74, 6) is 0.760. The lowest BCUT2D eigenvalue weighted by Crippen LogP contribution is -2.23. The fraction of sp³-hybridized carbons (Fsp3) is 0.133. The first-order chi connectivity index (χ1) is 10.7. The number of para-hydroxylation sites is 1. The molecule has 6 nitrogen and oxygen atoms in total. The molecule has 0 unspecified atom stereocenters. The summed E-state index contributed by atoms with van der Waals surface area (Å²) in [4.78, 5) is 12.1. The number of hydrogen-bond donors (Lipinski definition) is 0. The van der Waals surface area contributed by atoms with E-state index in [0.29, 0.717) is 12.3 Å². The highest BCUT2D eigenvalue weighted by Gasteiger charge is 2.14. The van der Waals surface area contributed by atoms with Crippen molar-refractivity contribution in [2.24, 2.45) is 7.05 Å². The Balaban J connectivity index is 1.97. The molecule has 0 atom stereocenters. The average molecular weight is 361 g/mol. The molecule has 2 aromatic carbocycles. The maximum absolute atomic E-state index is 12.1. The van der Waals surface area contributed by atoms with Gasteiger partial charge in [-0.2, -0.15) is 9.36 Å². The van der Waals surface area contributed by atoms with E-state index in [1.165, 1.54) is 9.36 Å². The Bertz CT molecular complexity index is 842. The van der Waals surface area contributed by atoms with Crippen molar-refractivity contribution in [1.82, 2.24) is 19.8 Å². The van der Waals surface area contributed by atoms with Gasteiger partial charge in [0.2, 0.25) is 0 Å². The molecule has 0 bridgehead atoms. The number of aromatic nitrogens is 4. The lowest BCUT2D eigenvalue weighted by atomic mass is 10.2. The quantitative estimate of drug-likeness (QED) is 0.716. The summed E-state index contributed by atoms with van der Waals surface area (Å²) in [6.07, 6.45) is 0. The molecule has 7 heteroatoms. The molecule has 0 fully saturated rings. The molecule has 0 N–H and O–H groups in total. The number of halogens is 1. The van der Waals surface area contributed by atoms with Crippen LogP contribution in [0.4, 0.5) is 0 Å². The molecule has 112 valence electrons. The standard InChI is InChI=1S/C15H13BrN4O2/c1-19-15(21)20(18-17-19)14-9-5-8-13(16)12(14)10-22-11-6-3-2-4-7-11/h2-9H,10H2,1H3. The van der Waals surface area contributed by atoms with Crippen LogP contribution in [0.15, 0.2) is 57.8 Å². The summed E-state index contributed by atoms with van der Waals surface area (Å²) in [5.41, 5.74) is 1.16. The number of benzene rings is 2. The Morgan fingerprint density at radius 2 is 1.86 bits per heavy atom. The van der Waals surface area contributed by atoms with Crippen LogP contribution in [-0.4, -0.2) is 19.8 Å². The second kappa shape index (κ2) is 6.15. The third-order valence-corrected chi connectivity index (χ3v) is 3.91. The fourth-order valence-electron chi connectivity index (χ4n) is 2.03. The Morgan fingerprint density at radius 1 is 1.09 bits per heavy atom. The second-order valence-corrected chi connectivity index (χ2v) is 5.49. The molecule has 22 heavy (non-hydrogen) atoms. The molecule has 0 amide bonds. The number of aryl methyl sites for hydroxylation is 1. The molecule has 0 aliphatic heterocycles. The predicted octanol–water partition coefficient (Wildman–Crippen LogP) is 2.31. The molecule has 3 aromatic rings. The van der Waals surface area contributed by atoms with E-state index in [1.54, 1.807) is 7.05 Å². The third kappa shape index (κ3) is 2.80. The van der Waals surface area contributed by atoms with Gasteiger partial charge in [-0.3, -0.25) is 0 Å². The van der Waals surface area contributed by atoms with Crippen molar-refractivity contribution >= 4 is 15.9 Å². The van der Waals surface area contributed by atoms with Gasteiger partial charge in [0, 0.05) is 17.1 Å². The van der Waals surface area contributed by atoms with Crippen LogP contribution in [0.3, 0.4) is 0 Å². The predicted molar refractivity (Wildman–Crippen MR) is 85.1 cm³/mol. The van der Waals surface area contributed by atoms with Gasteiger partial charge in [-0.1, -0.05) is 40.2 Å². The van der Waals surface area contributed by atoms with Crippen molar-refractivity contribution in [3.63, 3.8) is 0 Å². The van der Waals surface area contributed by atoms with Crippen molar-refractivity contribution in [3.05, 3.63) is 69.1 Å². The molecule has 0 aliphatic rings. The van der Waals surface area contributed by atoms with E-state index in [-0.39, 0.29) is 5.69 Å². The van der Waals surface area contributed by atoms with Gasteiger partial charge in [0.1, 0.15) is 12.4 Å². The summed E-state index contributed by atoms with van der Waals surface area (Å²) >= 11 is 3.50. The maximum atomic E-state index is 12.1. The average Bonchev–Trinajstić information content (AvgIpc) is 2.86. The fourth-order valence-corrected chi connectivity index (χ4v) is 2.50. The van der Waals surface area contributed by atoms with Gasteiger partial charge >= 0.3 is 5.69 Å². The van der Waals surface area contributed by atoms with Crippen LogP contribution in [0.5, 0.6) is 5.75 Å². The van der Waals surface area contributed by atoms with Gasteiger partial charge in [-0.15, -0.1) is 0 Å². The van der Waals surface area contributed by atoms with Crippen molar-refractivity contribution in [1.29, 1.82) is 0 Å². The Hall–Kier alpha value is -2.41. The van der Waals surface area contributed by atoms with E-state index in [4.69, 9.17) is 4.74 Å². The molecule has 0 aliphatic carbocycles. The first-order valence-electron chi connectivity index (χ1n) is 6.61. The van der Waals surface area contributed by atoms with E-state index in [0.717, 1.165) is 15.8 Å². The largest absolute Gasteiger partial charge is 0.489 e. The van der Waals surface area contributed by atoms with E-state index < -0.39 is 0 Å². The molecule has 0 saturated heterocycles.